The number of benzene rings is 3. The summed E-state index contributed by atoms with van der Waals surface area (Å²) < 4.78 is 0. The van der Waals surface area contributed by atoms with E-state index in [1.807, 2.05) is 53.4 Å². The van der Waals surface area contributed by atoms with Crippen LogP contribution in [-0.4, -0.2) is 42.9 Å². The third kappa shape index (κ3) is 6.44. The number of carbonyl (C=O) groups excluding carboxylic acids is 2. The van der Waals surface area contributed by atoms with Crippen LogP contribution in [0.25, 0.3) is 6.08 Å². The Morgan fingerprint density at radius 1 is 0.914 bits per heavy atom. The minimum Gasteiger partial charge on any atom is -0.368 e. The van der Waals surface area contributed by atoms with Crippen LogP contribution in [0.15, 0.2) is 72.8 Å². The number of hydrogen-bond acceptors (Lipinski definition) is 3. The fraction of sp³-hybridized carbons (Fsp3) is 0.214. The van der Waals surface area contributed by atoms with Crippen LogP contribution in [0.1, 0.15) is 28.4 Å². The van der Waals surface area contributed by atoms with E-state index in [1.165, 1.54) is 11.6 Å². The van der Waals surface area contributed by atoms with Crippen LogP contribution in [0.5, 0.6) is 0 Å². The lowest BCUT2D eigenvalue weighted by atomic mass is 10.1. The van der Waals surface area contributed by atoms with Crippen molar-refractivity contribution in [1.29, 1.82) is 0 Å². The zero-order chi connectivity index (χ0) is 24.8. The number of rotatable bonds is 6. The summed E-state index contributed by atoms with van der Waals surface area (Å²) in [5.41, 5.74) is 4.45. The van der Waals surface area contributed by atoms with E-state index >= 15 is 0 Å². The van der Waals surface area contributed by atoms with Crippen LogP contribution >= 0.6 is 23.2 Å². The van der Waals surface area contributed by atoms with Gasteiger partial charge < -0.3 is 15.1 Å². The van der Waals surface area contributed by atoms with Crippen molar-refractivity contribution in [2.75, 3.05) is 36.4 Å². The molecule has 0 spiro atoms. The first-order valence-corrected chi connectivity index (χ1v) is 12.4. The summed E-state index contributed by atoms with van der Waals surface area (Å²) in [5, 5.41) is 3.89. The van der Waals surface area contributed by atoms with Crippen molar-refractivity contribution >= 4 is 52.5 Å². The monoisotopic (exact) mass is 507 g/mol. The minimum absolute atomic E-state index is 0.0818. The molecule has 0 aromatic heterocycles. The average molecular weight is 508 g/mol. The molecule has 1 fully saturated rings. The van der Waals surface area contributed by atoms with Gasteiger partial charge in [-0.2, -0.15) is 0 Å². The highest BCUT2D eigenvalue weighted by Gasteiger charge is 2.22. The molecule has 35 heavy (non-hydrogen) atoms. The maximum absolute atomic E-state index is 12.8. The molecule has 0 saturated carbocycles. The van der Waals surface area contributed by atoms with E-state index in [4.69, 9.17) is 23.2 Å². The van der Waals surface area contributed by atoms with Gasteiger partial charge in [0.05, 0.1) is 0 Å². The molecule has 4 rings (SSSR count). The molecular formula is C28H27Cl2N3O2. The predicted molar refractivity (Wildman–Crippen MR) is 145 cm³/mol. The van der Waals surface area contributed by atoms with E-state index in [0.717, 1.165) is 36.3 Å². The molecule has 1 heterocycles. The molecule has 3 aromatic rings. The second-order valence-corrected chi connectivity index (χ2v) is 9.21. The fourth-order valence-electron chi connectivity index (χ4n) is 3.97. The van der Waals surface area contributed by atoms with Crippen molar-refractivity contribution in [2.45, 2.75) is 13.3 Å². The highest BCUT2D eigenvalue weighted by Crippen LogP contribution is 2.23. The number of hydrogen-bond donors (Lipinski definition) is 1. The number of aryl methyl sites for hydroxylation is 1. The molecule has 1 aliphatic rings. The van der Waals surface area contributed by atoms with E-state index in [9.17, 15) is 9.59 Å². The molecule has 1 N–H and O–H groups in total. The Morgan fingerprint density at radius 2 is 1.60 bits per heavy atom. The smallest absolute Gasteiger partial charge is 0.253 e. The maximum Gasteiger partial charge on any atom is 0.253 e. The maximum atomic E-state index is 12.8. The third-order valence-corrected chi connectivity index (χ3v) is 6.62. The molecule has 1 aliphatic heterocycles. The number of anilines is 2. The van der Waals surface area contributed by atoms with E-state index in [2.05, 4.69) is 17.1 Å². The quantitative estimate of drug-likeness (QED) is 0.405. The summed E-state index contributed by atoms with van der Waals surface area (Å²) >= 11 is 12.0. The lowest BCUT2D eigenvalue weighted by Gasteiger charge is -2.36. The summed E-state index contributed by atoms with van der Waals surface area (Å²) in [6, 6.07) is 20.7. The molecule has 0 radical (unpaired) electrons. The summed E-state index contributed by atoms with van der Waals surface area (Å²) in [6.07, 6.45) is 4.06. The van der Waals surface area contributed by atoms with E-state index in [1.54, 1.807) is 24.3 Å². The van der Waals surface area contributed by atoms with Gasteiger partial charge in [-0.15, -0.1) is 0 Å². The van der Waals surface area contributed by atoms with Gasteiger partial charge in [0, 0.05) is 59.2 Å². The van der Waals surface area contributed by atoms with Crippen molar-refractivity contribution in [3.8, 4) is 0 Å². The lowest BCUT2D eigenvalue weighted by molar-refractivity contribution is -0.111. The molecule has 0 unspecified atom stereocenters. The van der Waals surface area contributed by atoms with Crippen LogP contribution in [0.4, 0.5) is 11.4 Å². The van der Waals surface area contributed by atoms with Gasteiger partial charge in [-0.3, -0.25) is 9.59 Å². The topological polar surface area (TPSA) is 52.7 Å². The van der Waals surface area contributed by atoms with Crippen molar-refractivity contribution < 1.29 is 9.59 Å². The Balaban J connectivity index is 1.29. The first-order valence-electron chi connectivity index (χ1n) is 11.6. The Kier molecular flexibility index (Phi) is 8.11. The molecule has 7 heteroatoms. The molecule has 5 nitrogen and oxygen atoms in total. The number of piperazine rings is 1. The van der Waals surface area contributed by atoms with Gasteiger partial charge in [-0.1, -0.05) is 48.3 Å². The Bertz CT molecular complexity index is 1220. The van der Waals surface area contributed by atoms with Gasteiger partial charge in [0.25, 0.3) is 5.91 Å². The van der Waals surface area contributed by atoms with Crippen molar-refractivity contribution in [3.63, 3.8) is 0 Å². The Labute approximate surface area is 215 Å². The Morgan fingerprint density at radius 3 is 2.23 bits per heavy atom. The zero-order valence-electron chi connectivity index (χ0n) is 19.5. The second kappa shape index (κ2) is 11.4. The van der Waals surface area contributed by atoms with Gasteiger partial charge in [-0.05, 0) is 72.2 Å². The van der Waals surface area contributed by atoms with Crippen molar-refractivity contribution in [2.24, 2.45) is 0 Å². The first kappa shape index (κ1) is 24.8. The molecule has 1 saturated heterocycles. The van der Waals surface area contributed by atoms with E-state index < -0.39 is 0 Å². The summed E-state index contributed by atoms with van der Waals surface area (Å²) in [7, 11) is 0. The van der Waals surface area contributed by atoms with Crippen LogP contribution in [-0.2, 0) is 11.2 Å². The molecule has 0 aliphatic carbocycles. The summed E-state index contributed by atoms with van der Waals surface area (Å²) in [5.74, 6) is -0.166. The number of nitrogens with one attached hydrogen (secondary N) is 1. The van der Waals surface area contributed by atoms with Crippen LogP contribution < -0.4 is 10.2 Å². The number of carbonyl (C=O) groups is 2. The molecular weight excluding hydrogens is 481 g/mol. The minimum atomic E-state index is -0.247. The standard InChI is InChI=1S/C28H27Cl2N3O2/c1-2-20-3-5-22(6-4-20)28(35)33-17-15-32(16-18-33)25-12-10-24(11-13-25)31-27(34)14-8-21-7-9-23(29)19-26(21)30/h3-14,19H,2,15-18H2,1H3,(H,31,34)/b14-8+. The summed E-state index contributed by atoms with van der Waals surface area (Å²) in [4.78, 5) is 29.3. The number of halogens is 2. The number of nitrogens with zero attached hydrogens (tertiary/aromatic N) is 2. The van der Waals surface area contributed by atoms with Crippen LogP contribution in [0.3, 0.4) is 0 Å². The van der Waals surface area contributed by atoms with Gasteiger partial charge in [0.15, 0.2) is 0 Å². The fourth-order valence-corrected chi connectivity index (χ4v) is 4.45. The predicted octanol–water partition coefficient (Wildman–Crippen LogP) is 6.17. The lowest BCUT2D eigenvalue weighted by Crippen LogP contribution is -2.48. The van der Waals surface area contributed by atoms with E-state index in [-0.39, 0.29) is 11.8 Å². The van der Waals surface area contributed by atoms with Gasteiger partial charge in [-0.25, -0.2) is 0 Å². The number of amides is 2. The first-order chi connectivity index (χ1) is 16.9. The largest absolute Gasteiger partial charge is 0.368 e. The summed E-state index contributed by atoms with van der Waals surface area (Å²) in [6.45, 7) is 4.97. The molecule has 2 amide bonds. The van der Waals surface area contributed by atoms with Gasteiger partial charge >= 0.3 is 0 Å². The van der Waals surface area contributed by atoms with Crippen LogP contribution in [0.2, 0.25) is 10.0 Å². The zero-order valence-corrected chi connectivity index (χ0v) is 21.0. The van der Waals surface area contributed by atoms with Crippen molar-refractivity contribution in [3.05, 3.63) is 99.5 Å². The molecule has 0 atom stereocenters. The molecule has 0 bridgehead atoms. The van der Waals surface area contributed by atoms with E-state index in [0.29, 0.717) is 28.8 Å². The van der Waals surface area contributed by atoms with Gasteiger partial charge in [0.2, 0.25) is 5.91 Å². The normalized spacial score (nSPS) is 13.8. The Hall–Kier alpha value is -3.28. The highest BCUT2D eigenvalue weighted by molar-refractivity contribution is 6.35. The third-order valence-electron chi connectivity index (χ3n) is 6.05. The van der Waals surface area contributed by atoms with Crippen molar-refractivity contribution in [1.82, 2.24) is 4.90 Å². The average Bonchev–Trinajstić information content (AvgIpc) is 2.88. The highest BCUT2D eigenvalue weighted by atomic mass is 35.5. The molecule has 180 valence electrons. The van der Waals surface area contributed by atoms with Gasteiger partial charge in [0.1, 0.15) is 0 Å². The second-order valence-electron chi connectivity index (χ2n) is 8.37. The molecule has 3 aromatic carbocycles. The SMILES string of the molecule is CCc1ccc(C(=O)N2CCN(c3ccc(NC(=O)/C=C/c4ccc(Cl)cc4Cl)cc3)CC2)cc1. The van der Waals surface area contributed by atoms with Crippen LogP contribution in [0, 0.1) is 0 Å².